The second kappa shape index (κ2) is 7.60. The van der Waals surface area contributed by atoms with Crippen molar-refractivity contribution in [3.05, 3.63) is 66.0 Å². The average Bonchev–Trinajstić information content (AvgIpc) is 2.63. The molecule has 0 saturated heterocycles. The van der Waals surface area contributed by atoms with Gasteiger partial charge in [-0.2, -0.15) is 0 Å². The van der Waals surface area contributed by atoms with Gasteiger partial charge in [-0.3, -0.25) is 5.43 Å². The Morgan fingerprint density at radius 3 is 2.33 bits per heavy atom. The molecule has 0 radical (unpaired) electrons. The number of benzene rings is 2. The third-order valence-corrected chi connectivity index (χ3v) is 5.06. The minimum Gasteiger partial charge on any atom is -0.393 e. The van der Waals surface area contributed by atoms with E-state index < -0.39 is 10.0 Å². The zero-order chi connectivity index (χ0) is 19.4. The molecule has 27 heavy (non-hydrogen) atoms. The highest BCUT2D eigenvalue weighted by molar-refractivity contribution is 7.89. The second-order valence-corrected chi connectivity index (χ2v) is 7.70. The Labute approximate surface area is 157 Å². The van der Waals surface area contributed by atoms with Crippen molar-refractivity contribution in [1.29, 1.82) is 0 Å². The monoisotopic (exact) mass is 384 g/mol. The maximum atomic E-state index is 12.4. The zero-order valence-corrected chi connectivity index (χ0v) is 15.7. The van der Waals surface area contributed by atoms with Gasteiger partial charge in [0.1, 0.15) is 12.0 Å². The third kappa shape index (κ3) is 4.52. The van der Waals surface area contributed by atoms with Gasteiger partial charge in [0.2, 0.25) is 0 Å². The van der Waals surface area contributed by atoms with E-state index in [1.165, 1.54) is 18.5 Å². The molecule has 5 N–H and O–H groups in total. The Morgan fingerprint density at radius 2 is 1.63 bits per heavy atom. The first kappa shape index (κ1) is 18.6. The molecule has 0 aliphatic rings. The first-order chi connectivity index (χ1) is 12.8. The van der Waals surface area contributed by atoms with E-state index in [4.69, 9.17) is 5.73 Å². The highest BCUT2D eigenvalue weighted by Crippen LogP contribution is 2.25. The second-order valence-electron chi connectivity index (χ2n) is 6.02. The molecule has 1 aromatic heterocycles. The molecule has 3 aromatic rings. The third-order valence-electron chi connectivity index (χ3n) is 3.80. The Bertz CT molecular complexity index is 1050. The van der Waals surface area contributed by atoms with Gasteiger partial charge in [0.05, 0.1) is 4.90 Å². The molecule has 0 aliphatic heterocycles. The summed E-state index contributed by atoms with van der Waals surface area (Å²) < 4.78 is 24.7. The highest BCUT2D eigenvalue weighted by atomic mass is 32.2. The summed E-state index contributed by atoms with van der Waals surface area (Å²) in [6, 6.07) is 14.2. The fourth-order valence-electron chi connectivity index (χ4n) is 2.35. The zero-order valence-electron chi connectivity index (χ0n) is 14.9. The number of rotatable bonds is 6. The van der Waals surface area contributed by atoms with Crippen LogP contribution >= 0.6 is 0 Å². The maximum Gasteiger partial charge on any atom is 0.257 e. The topological polar surface area (TPSA) is 122 Å². The van der Waals surface area contributed by atoms with Crippen LogP contribution in [0.25, 0.3) is 0 Å². The Hall–Kier alpha value is -3.17. The van der Waals surface area contributed by atoms with Crippen LogP contribution in [-0.2, 0) is 10.0 Å². The van der Waals surface area contributed by atoms with E-state index in [0.29, 0.717) is 5.82 Å². The Kier molecular flexibility index (Phi) is 5.24. The van der Waals surface area contributed by atoms with Crippen molar-refractivity contribution < 1.29 is 8.42 Å². The van der Waals surface area contributed by atoms with Crippen LogP contribution in [0.4, 0.5) is 23.0 Å². The predicted octanol–water partition coefficient (Wildman–Crippen LogP) is 2.72. The van der Waals surface area contributed by atoms with E-state index in [9.17, 15) is 8.42 Å². The van der Waals surface area contributed by atoms with Crippen molar-refractivity contribution in [3.63, 3.8) is 0 Å². The summed E-state index contributed by atoms with van der Waals surface area (Å²) in [5.74, 6) is 0.517. The van der Waals surface area contributed by atoms with Gasteiger partial charge < -0.3 is 11.1 Å². The molecule has 0 saturated carbocycles. The van der Waals surface area contributed by atoms with Gasteiger partial charge in [-0.25, -0.2) is 18.4 Å². The van der Waals surface area contributed by atoms with Crippen molar-refractivity contribution in [2.24, 2.45) is 0 Å². The van der Waals surface area contributed by atoms with E-state index in [1.807, 2.05) is 38.1 Å². The molecule has 0 unspecified atom stereocenters. The number of aryl methyl sites for hydroxylation is 2. The molecular weight excluding hydrogens is 364 g/mol. The maximum absolute atomic E-state index is 12.4. The number of hydrogen-bond donors (Lipinski definition) is 4. The number of nitrogens with one attached hydrogen (secondary N) is 3. The number of nitrogens with two attached hydrogens (primary N) is 1. The summed E-state index contributed by atoms with van der Waals surface area (Å²) in [6.45, 7) is 3.85. The minimum absolute atomic E-state index is 0.131. The summed E-state index contributed by atoms with van der Waals surface area (Å²) >= 11 is 0. The van der Waals surface area contributed by atoms with Crippen molar-refractivity contribution in [3.8, 4) is 0 Å². The molecule has 2 aromatic carbocycles. The van der Waals surface area contributed by atoms with E-state index >= 15 is 0 Å². The quantitative estimate of drug-likeness (QED) is 0.482. The van der Waals surface area contributed by atoms with Crippen LogP contribution in [0.2, 0.25) is 0 Å². The van der Waals surface area contributed by atoms with Crippen molar-refractivity contribution >= 4 is 33.0 Å². The van der Waals surface area contributed by atoms with Crippen LogP contribution in [-0.4, -0.2) is 18.4 Å². The smallest absolute Gasteiger partial charge is 0.257 e. The van der Waals surface area contributed by atoms with Gasteiger partial charge in [-0.1, -0.05) is 29.8 Å². The Morgan fingerprint density at radius 1 is 0.926 bits per heavy atom. The molecule has 8 nitrogen and oxygen atoms in total. The molecule has 0 bridgehead atoms. The SMILES string of the molecule is Cc1ccc(S(=O)(=O)NNc2ncnc(Nc3cccc(C)c3)c2N)cc1. The van der Waals surface area contributed by atoms with E-state index in [-0.39, 0.29) is 16.4 Å². The molecular formula is C18H20N6O2S. The lowest BCUT2D eigenvalue weighted by Gasteiger charge is -2.13. The summed E-state index contributed by atoms with van der Waals surface area (Å²) in [7, 11) is -3.77. The fraction of sp³-hybridized carbons (Fsp3) is 0.111. The first-order valence-electron chi connectivity index (χ1n) is 8.14. The van der Waals surface area contributed by atoms with Crippen molar-refractivity contribution in [1.82, 2.24) is 14.8 Å². The van der Waals surface area contributed by atoms with Crippen LogP contribution in [0.1, 0.15) is 11.1 Å². The summed E-state index contributed by atoms with van der Waals surface area (Å²) in [5, 5.41) is 3.10. The van der Waals surface area contributed by atoms with Crippen LogP contribution in [0.5, 0.6) is 0 Å². The molecule has 0 spiro atoms. The molecule has 0 aliphatic carbocycles. The van der Waals surface area contributed by atoms with Gasteiger partial charge in [0.25, 0.3) is 10.0 Å². The molecule has 3 rings (SSSR count). The van der Waals surface area contributed by atoms with Crippen molar-refractivity contribution in [2.75, 3.05) is 16.5 Å². The van der Waals surface area contributed by atoms with E-state index in [2.05, 4.69) is 25.5 Å². The first-order valence-corrected chi connectivity index (χ1v) is 9.62. The summed E-state index contributed by atoms with van der Waals surface area (Å²) in [6.07, 6.45) is 1.29. The standard InChI is InChI=1S/C18H20N6O2S/c1-12-6-8-15(9-7-12)27(25,26)24-23-18-16(19)17(20-11-21-18)22-14-5-3-4-13(2)10-14/h3-11,24H,19H2,1-2H3,(H2,20,21,22,23). The summed E-state index contributed by atoms with van der Waals surface area (Å²) in [5.41, 5.74) is 11.7. The lowest BCUT2D eigenvalue weighted by atomic mass is 10.2. The van der Waals surface area contributed by atoms with Gasteiger partial charge in [0, 0.05) is 5.69 Å². The number of hydrazine groups is 1. The molecule has 9 heteroatoms. The largest absolute Gasteiger partial charge is 0.393 e. The van der Waals surface area contributed by atoms with E-state index in [1.54, 1.807) is 12.1 Å². The van der Waals surface area contributed by atoms with Crippen molar-refractivity contribution in [2.45, 2.75) is 18.7 Å². The van der Waals surface area contributed by atoms with Crippen LogP contribution in [0.3, 0.4) is 0 Å². The summed E-state index contributed by atoms with van der Waals surface area (Å²) in [4.78, 5) is 10.5. The number of aromatic nitrogens is 2. The van der Waals surface area contributed by atoms with Crippen LogP contribution in [0.15, 0.2) is 59.8 Å². The van der Waals surface area contributed by atoms with Gasteiger partial charge >= 0.3 is 0 Å². The number of sulfonamides is 1. The van der Waals surface area contributed by atoms with Crippen LogP contribution in [0, 0.1) is 13.8 Å². The number of hydrogen-bond acceptors (Lipinski definition) is 7. The molecule has 0 atom stereocenters. The highest BCUT2D eigenvalue weighted by Gasteiger charge is 2.15. The molecule has 140 valence electrons. The normalized spacial score (nSPS) is 11.2. The number of nitrogen functional groups attached to an aromatic ring is 1. The van der Waals surface area contributed by atoms with Gasteiger partial charge in [-0.15, -0.1) is 4.83 Å². The average molecular weight is 384 g/mol. The molecule has 0 amide bonds. The molecule has 1 heterocycles. The van der Waals surface area contributed by atoms with E-state index in [0.717, 1.165) is 16.8 Å². The van der Waals surface area contributed by atoms with Crippen LogP contribution < -0.4 is 21.3 Å². The lowest BCUT2D eigenvalue weighted by molar-refractivity contribution is 0.587. The Balaban J connectivity index is 1.77. The van der Waals surface area contributed by atoms with Gasteiger partial charge in [-0.05, 0) is 43.7 Å². The molecule has 0 fully saturated rings. The lowest BCUT2D eigenvalue weighted by Crippen LogP contribution is -2.30. The number of anilines is 4. The van der Waals surface area contributed by atoms with Gasteiger partial charge in [0.15, 0.2) is 11.6 Å². The number of nitrogens with zero attached hydrogens (tertiary/aromatic N) is 2. The minimum atomic E-state index is -3.77. The predicted molar refractivity (Wildman–Crippen MR) is 106 cm³/mol. The fourth-order valence-corrected chi connectivity index (χ4v) is 3.19.